The van der Waals surface area contributed by atoms with Crippen molar-refractivity contribution in [2.45, 2.75) is 97.2 Å². The van der Waals surface area contributed by atoms with Gasteiger partial charge in [-0.2, -0.15) is 0 Å². The number of aliphatic hydroxyl groups excluding tert-OH is 2. The van der Waals surface area contributed by atoms with Crippen molar-refractivity contribution in [1.82, 2.24) is 0 Å². The number of fused-ring (bicyclic) bond motifs is 5. The van der Waals surface area contributed by atoms with E-state index in [-0.39, 0.29) is 12.2 Å². The first-order valence-electron chi connectivity index (χ1n) is 10.8. The first-order valence-corrected chi connectivity index (χ1v) is 10.8. The highest BCUT2D eigenvalue weighted by Gasteiger charge is 2.60. The Labute approximate surface area is 148 Å². The third-order valence-electron chi connectivity index (χ3n) is 9.59. The molecule has 0 aromatic rings. The largest absolute Gasteiger partial charge is 0.393 e. The van der Waals surface area contributed by atoms with Gasteiger partial charge in [0.15, 0.2) is 0 Å². The molecule has 4 aliphatic carbocycles. The molecule has 0 saturated heterocycles. The Morgan fingerprint density at radius 1 is 0.917 bits per heavy atom. The molecule has 0 radical (unpaired) electrons. The topological polar surface area (TPSA) is 40.5 Å². The van der Waals surface area contributed by atoms with Crippen LogP contribution in [-0.4, -0.2) is 22.4 Å². The number of aliphatic hydroxyl groups is 2. The van der Waals surface area contributed by atoms with E-state index in [0.717, 1.165) is 42.9 Å². The second-order valence-corrected chi connectivity index (χ2v) is 10.3. The third-order valence-corrected chi connectivity index (χ3v) is 9.59. The van der Waals surface area contributed by atoms with Crippen molar-refractivity contribution in [3.8, 4) is 0 Å². The Balaban J connectivity index is 1.59. The fourth-order valence-electron chi connectivity index (χ4n) is 8.19. The van der Waals surface area contributed by atoms with Gasteiger partial charge in [-0.1, -0.05) is 20.8 Å². The van der Waals surface area contributed by atoms with Gasteiger partial charge in [0.2, 0.25) is 0 Å². The minimum atomic E-state index is -0.0895. The predicted octanol–water partition coefficient (Wildman–Crippen LogP) is 4.78. The summed E-state index contributed by atoms with van der Waals surface area (Å²) >= 11 is 0. The Bertz CT molecular complexity index is 477. The van der Waals surface area contributed by atoms with E-state index in [0.29, 0.717) is 16.7 Å². The van der Waals surface area contributed by atoms with Crippen LogP contribution in [0.5, 0.6) is 0 Å². The highest BCUT2D eigenvalue weighted by Crippen LogP contribution is 2.67. The zero-order valence-corrected chi connectivity index (χ0v) is 16.0. The lowest BCUT2D eigenvalue weighted by Crippen LogP contribution is -2.54. The first kappa shape index (κ1) is 17.3. The average Bonchev–Trinajstić information content (AvgIpc) is 2.92. The minimum absolute atomic E-state index is 0.0379. The Hall–Kier alpha value is -0.0800. The monoisotopic (exact) mass is 334 g/mol. The van der Waals surface area contributed by atoms with Crippen LogP contribution < -0.4 is 0 Å². The van der Waals surface area contributed by atoms with E-state index in [1.165, 1.54) is 44.9 Å². The molecule has 9 atom stereocenters. The van der Waals surface area contributed by atoms with Crippen molar-refractivity contribution in [3.63, 3.8) is 0 Å². The van der Waals surface area contributed by atoms with Crippen LogP contribution in [0.4, 0.5) is 0 Å². The van der Waals surface area contributed by atoms with Crippen LogP contribution in [0, 0.1) is 40.4 Å². The molecule has 0 aromatic heterocycles. The van der Waals surface area contributed by atoms with Gasteiger partial charge in [-0.05, 0) is 105 Å². The zero-order chi connectivity index (χ0) is 17.1. The Morgan fingerprint density at radius 3 is 2.38 bits per heavy atom. The summed E-state index contributed by atoms with van der Waals surface area (Å²) in [6, 6.07) is 0. The molecule has 2 heteroatoms. The SMILES string of the molecule is CC[C@H](O)[C@H]1CC[C@H]2[C@@H]3CC[C@H]4C[C@H](O)CC[C@]4(C)[C@H]3CC[C@]12C. The van der Waals surface area contributed by atoms with Gasteiger partial charge < -0.3 is 10.2 Å². The van der Waals surface area contributed by atoms with Crippen molar-refractivity contribution in [2.75, 3.05) is 0 Å². The smallest absolute Gasteiger partial charge is 0.0571 e. The fraction of sp³-hybridized carbons (Fsp3) is 1.00. The van der Waals surface area contributed by atoms with Crippen molar-refractivity contribution < 1.29 is 10.2 Å². The summed E-state index contributed by atoms with van der Waals surface area (Å²) in [4.78, 5) is 0. The van der Waals surface area contributed by atoms with E-state index in [9.17, 15) is 10.2 Å². The number of hydrogen-bond donors (Lipinski definition) is 2. The van der Waals surface area contributed by atoms with Crippen LogP contribution in [0.25, 0.3) is 0 Å². The van der Waals surface area contributed by atoms with Crippen LogP contribution in [-0.2, 0) is 0 Å². The van der Waals surface area contributed by atoms with Crippen LogP contribution in [0.15, 0.2) is 0 Å². The van der Waals surface area contributed by atoms with Gasteiger partial charge >= 0.3 is 0 Å². The Morgan fingerprint density at radius 2 is 1.62 bits per heavy atom. The molecular weight excluding hydrogens is 296 g/mol. The van der Waals surface area contributed by atoms with Crippen molar-refractivity contribution >= 4 is 0 Å². The number of rotatable bonds is 2. The maximum atomic E-state index is 10.6. The van der Waals surface area contributed by atoms with Crippen LogP contribution in [0.3, 0.4) is 0 Å². The molecule has 4 saturated carbocycles. The molecule has 24 heavy (non-hydrogen) atoms. The van der Waals surface area contributed by atoms with Crippen molar-refractivity contribution in [2.24, 2.45) is 40.4 Å². The lowest BCUT2D eigenvalue weighted by molar-refractivity contribution is -0.133. The molecule has 2 N–H and O–H groups in total. The van der Waals surface area contributed by atoms with E-state index in [1.54, 1.807) is 0 Å². The molecule has 0 unspecified atom stereocenters. The molecule has 4 aliphatic rings. The van der Waals surface area contributed by atoms with Crippen LogP contribution in [0.2, 0.25) is 0 Å². The predicted molar refractivity (Wildman–Crippen MR) is 97.5 cm³/mol. The average molecular weight is 335 g/mol. The lowest BCUT2D eigenvalue weighted by Gasteiger charge is -2.61. The second kappa shape index (κ2) is 5.98. The standard InChI is InChI=1S/C22H38O2/c1-4-20(24)19-8-7-17-16-6-5-14-13-15(23)9-11-21(14,2)18(16)10-12-22(17,19)3/h14-20,23-24H,4-13H2,1-3H3/t14-,15+,16-,17-,18-,19+,20-,21-,22-/m0/s1. The molecule has 4 rings (SSSR count). The van der Waals surface area contributed by atoms with Crippen LogP contribution >= 0.6 is 0 Å². The maximum Gasteiger partial charge on any atom is 0.0571 e. The van der Waals surface area contributed by atoms with Gasteiger partial charge in [-0.15, -0.1) is 0 Å². The molecule has 0 amide bonds. The van der Waals surface area contributed by atoms with Gasteiger partial charge in [0, 0.05) is 0 Å². The molecule has 0 aromatic carbocycles. The molecule has 138 valence electrons. The minimum Gasteiger partial charge on any atom is -0.393 e. The van der Waals surface area contributed by atoms with E-state index in [1.807, 2.05) is 0 Å². The summed E-state index contributed by atoms with van der Waals surface area (Å²) in [5, 5.41) is 20.7. The molecule has 0 spiro atoms. The highest BCUT2D eigenvalue weighted by atomic mass is 16.3. The van der Waals surface area contributed by atoms with E-state index < -0.39 is 0 Å². The Kier molecular flexibility index (Phi) is 4.32. The zero-order valence-electron chi connectivity index (χ0n) is 16.0. The molecule has 0 heterocycles. The quantitative estimate of drug-likeness (QED) is 0.763. The van der Waals surface area contributed by atoms with Crippen molar-refractivity contribution in [3.05, 3.63) is 0 Å². The first-order chi connectivity index (χ1) is 11.4. The second-order valence-electron chi connectivity index (χ2n) is 10.3. The summed E-state index contributed by atoms with van der Waals surface area (Å²) in [6.45, 7) is 7.23. The van der Waals surface area contributed by atoms with E-state index >= 15 is 0 Å². The fourth-order valence-corrected chi connectivity index (χ4v) is 8.19. The van der Waals surface area contributed by atoms with E-state index in [4.69, 9.17) is 0 Å². The van der Waals surface area contributed by atoms with Gasteiger partial charge in [0.05, 0.1) is 12.2 Å². The van der Waals surface area contributed by atoms with Gasteiger partial charge in [0.1, 0.15) is 0 Å². The number of hydrogen-bond acceptors (Lipinski definition) is 2. The molecule has 0 aliphatic heterocycles. The van der Waals surface area contributed by atoms with Crippen LogP contribution in [0.1, 0.15) is 85.0 Å². The summed E-state index contributed by atoms with van der Waals surface area (Å²) < 4.78 is 0. The summed E-state index contributed by atoms with van der Waals surface area (Å²) in [5.74, 6) is 3.89. The highest BCUT2D eigenvalue weighted by molar-refractivity contribution is 5.09. The van der Waals surface area contributed by atoms with Crippen molar-refractivity contribution in [1.29, 1.82) is 0 Å². The van der Waals surface area contributed by atoms with Gasteiger partial charge in [-0.25, -0.2) is 0 Å². The molecule has 2 nitrogen and oxygen atoms in total. The third kappa shape index (κ3) is 2.35. The molecule has 0 bridgehead atoms. The van der Waals surface area contributed by atoms with Gasteiger partial charge in [-0.3, -0.25) is 0 Å². The molecular formula is C22H38O2. The summed E-state index contributed by atoms with van der Waals surface area (Å²) in [7, 11) is 0. The van der Waals surface area contributed by atoms with Gasteiger partial charge in [0.25, 0.3) is 0 Å². The molecule has 4 fully saturated rings. The van der Waals surface area contributed by atoms with E-state index in [2.05, 4.69) is 20.8 Å². The summed E-state index contributed by atoms with van der Waals surface area (Å²) in [6.07, 6.45) is 12.1. The normalized spacial score (nSPS) is 55.4. The lowest BCUT2D eigenvalue weighted by atomic mass is 9.44. The summed E-state index contributed by atoms with van der Waals surface area (Å²) in [5.41, 5.74) is 0.860. The maximum absolute atomic E-state index is 10.6.